The molecule has 0 radical (unpaired) electrons. The molecule has 2 N–H and O–H groups in total. The number of hydrogen-bond acceptors (Lipinski definition) is 4. The van der Waals surface area contributed by atoms with Crippen molar-refractivity contribution in [1.82, 2.24) is 15.6 Å². The summed E-state index contributed by atoms with van der Waals surface area (Å²) in [5.41, 5.74) is 1.03. The number of carbonyl (C=O) groups excluding carboxylic acids is 1. The smallest absolute Gasteiger partial charge is 0.220 e. The third kappa shape index (κ3) is 4.49. The monoisotopic (exact) mass is 276 g/mol. The summed E-state index contributed by atoms with van der Waals surface area (Å²) >= 11 is 0. The van der Waals surface area contributed by atoms with E-state index in [9.17, 15) is 4.79 Å². The fourth-order valence-electron chi connectivity index (χ4n) is 2.37. The van der Waals surface area contributed by atoms with E-state index in [-0.39, 0.29) is 5.91 Å². The lowest BCUT2D eigenvalue weighted by molar-refractivity contribution is -0.121. The quantitative estimate of drug-likeness (QED) is 0.818. The summed E-state index contributed by atoms with van der Waals surface area (Å²) in [5.74, 6) is 1.73. The Bertz CT molecular complexity index is 424. The highest BCUT2D eigenvalue weighted by Gasteiger charge is 2.15. The van der Waals surface area contributed by atoms with Crippen molar-refractivity contribution in [2.24, 2.45) is 5.92 Å². The molecule has 20 heavy (non-hydrogen) atoms. The summed E-state index contributed by atoms with van der Waals surface area (Å²) in [6.45, 7) is 2.71. The van der Waals surface area contributed by atoms with Crippen LogP contribution in [0.25, 0.3) is 0 Å². The van der Waals surface area contributed by atoms with Gasteiger partial charge in [0.25, 0.3) is 0 Å². The number of nitrogens with zero attached hydrogens (tertiary/aromatic N) is 2. The SMILES string of the molecule is CN(C)c1ccc(CNC(=O)CCC2CCNC2)cn1. The molecule has 1 aromatic rings. The Balaban J connectivity index is 1.69. The maximum Gasteiger partial charge on any atom is 0.220 e. The molecular formula is C15H24N4O. The number of rotatable bonds is 6. The van der Waals surface area contributed by atoms with Gasteiger partial charge in [0.15, 0.2) is 0 Å². The fourth-order valence-corrected chi connectivity index (χ4v) is 2.37. The second kappa shape index (κ2) is 7.24. The highest BCUT2D eigenvalue weighted by atomic mass is 16.1. The van der Waals surface area contributed by atoms with Crippen LogP contribution in [0.15, 0.2) is 18.3 Å². The van der Waals surface area contributed by atoms with E-state index in [1.165, 1.54) is 6.42 Å². The van der Waals surface area contributed by atoms with Gasteiger partial charge < -0.3 is 15.5 Å². The van der Waals surface area contributed by atoms with Crippen molar-refractivity contribution in [2.45, 2.75) is 25.8 Å². The molecule has 1 aliphatic heterocycles. The van der Waals surface area contributed by atoms with Crippen LogP contribution in [0, 0.1) is 5.92 Å². The standard InChI is InChI=1S/C15H24N4O/c1-19(2)14-5-3-13(10-17-14)11-18-15(20)6-4-12-7-8-16-9-12/h3,5,10,12,16H,4,6-9,11H2,1-2H3,(H,18,20). The first-order chi connectivity index (χ1) is 9.65. The molecule has 0 spiro atoms. The number of pyridine rings is 1. The van der Waals surface area contributed by atoms with E-state index >= 15 is 0 Å². The number of amides is 1. The van der Waals surface area contributed by atoms with Crippen molar-refractivity contribution in [3.05, 3.63) is 23.9 Å². The van der Waals surface area contributed by atoms with E-state index in [4.69, 9.17) is 0 Å². The van der Waals surface area contributed by atoms with Gasteiger partial charge in [-0.1, -0.05) is 6.07 Å². The van der Waals surface area contributed by atoms with Crippen molar-refractivity contribution >= 4 is 11.7 Å². The van der Waals surface area contributed by atoms with Gasteiger partial charge in [-0.2, -0.15) is 0 Å². The first-order valence-corrected chi connectivity index (χ1v) is 7.25. The predicted octanol–water partition coefficient (Wildman–Crippen LogP) is 1.15. The Morgan fingerprint density at radius 2 is 2.35 bits per heavy atom. The lowest BCUT2D eigenvalue weighted by atomic mass is 10.0. The van der Waals surface area contributed by atoms with E-state index in [0.717, 1.165) is 30.9 Å². The minimum Gasteiger partial charge on any atom is -0.363 e. The maximum atomic E-state index is 11.8. The summed E-state index contributed by atoms with van der Waals surface area (Å²) in [5, 5.41) is 6.28. The molecule has 0 aromatic carbocycles. The summed E-state index contributed by atoms with van der Waals surface area (Å²) < 4.78 is 0. The van der Waals surface area contributed by atoms with E-state index in [1.807, 2.05) is 37.3 Å². The van der Waals surface area contributed by atoms with Crippen LogP contribution in [0.4, 0.5) is 5.82 Å². The lowest BCUT2D eigenvalue weighted by Gasteiger charge is -2.12. The van der Waals surface area contributed by atoms with Gasteiger partial charge in [-0.25, -0.2) is 4.98 Å². The van der Waals surface area contributed by atoms with E-state index in [1.54, 1.807) is 0 Å². The average Bonchev–Trinajstić information content (AvgIpc) is 2.96. The Kier molecular flexibility index (Phi) is 5.35. The fraction of sp³-hybridized carbons (Fsp3) is 0.600. The summed E-state index contributed by atoms with van der Waals surface area (Å²) in [6.07, 6.45) is 4.62. The zero-order chi connectivity index (χ0) is 14.4. The molecule has 1 unspecified atom stereocenters. The van der Waals surface area contributed by atoms with Crippen LogP contribution in [0.5, 0.6) is 0 Å². The van der Waals surface area contributed by atoms with Gasteiger partial charge in [-0.3, -0.25) is 4.79 Å². The minimum absolute atomic E-state index is 0.133. The molecule has 1 atom stereocenters. The molecule has 0 aliphatic carbocycles. The highest BCUT2D eigenvalue weighted by molar-refractivity contribution is 5.75. The Labute approximate surface area is 120 Å². The van der Waals surface area contributed by atoms with E-state index in [0.29, 0.717) is 18.9 Å². The first-order valence-electron chi connectivity index (χ1n) is 7.25. The molecule has 1 saturated heterocycles. The molecule has 1 aromatic heterocycles. The molecule has 5 heteroatoms. The summed E-state index contributed by atoms with van der Waals surface area (Å²) in [7, 11) is 3.92. The van der Waals surface area contributed by atoms with Crippen LogP contribution in [0.2, 0.25) is 0 Å². The number of nitrogens with one attached hydrogen (secondary N) is 2. The van der Waals surface area contributed by atoms with Crippen LogP contribution in [0.1, 0.15) is 24.8 Å². The Hall–Kier alpha value is -1.62. The van der Waals surface area contributed by atoms with E-state index < -0.39 is 0 Å². The zero-order valence-electron chi connectivity index (χ0n) is 12.4. The molecule has 2 rings (SSSR count). The molecule has 0 saturated carbocycles. The molecule has 1 fully saturated rings. The number of carbonyl (C=O) groups is 1. The van der Waals surface area contributed by atoms with Gasteiger partial charge in [-0.15, -0.1) is 0 Å². The third-order valence-electron chi connectivity index (χ3n) is 3.70. The highest BCUT2D eigenvalue weighted by Crippen LogP contribution is 2.14. The number of hydrogen-bond donors (Lipinski definition) is 2. The largest absolute Gasteiger partial charge is 0.363 e. The Morgan fingerprint density at radius 3 is 2.95 bits per heavy atom. The Morgan fingerprint density at radius 1 is 1.50 bits per heavy atom. The van der Waals surface area contributed by atoms with Crippen LogP contribution in [-0.2, 0) is 11.3 Å². The maximum absolute atomic E-state index is 11.8. The zero-order valence-corrected chi connectivity index (χ0v) is 12.4. The molecule has 1 aliphatic rings. The topological polar surface area (TPSA) is 57.3 Å². The van der Waals surface area contributed by atoms with Crippen LogP contribution in [0.3, 0.4) is 0 Å². The van der Waals surface area contributed by atoms with Crippen molar-refractivity contribution < 1.29 is 4.79 Å². The minimum atomic E-state index is 0.133. The lowest BCUT2D eigenvalue weighted by Crippen LogP contribution is -2.23. The molecule has 0 bridgehead atoms. The van der Waals surface area contributed by atoms with Crippen molar-refractivity contribution in [3.63, 3.8) is 0 Å². The van der Waals surface area contributed by atoms with Gasteiger partial charge in [0.2, 0.25) is 5.91 Å². The molecule has 5 nitrogen and oxygen atoms in total. The van der Waals surface area contributed by atoms with Crippen molar-refractivity contribution in [1.29, 1.82) is 0 Å². The van der Waals surface area contributed by atoms with Crippen LogP contribution < -0.4 is 15.5 Å². The van der Waals surface area contributed by atoms with E-state index in [2.05, 4.69) is 15.6 Å². The van der Waals surface area contributed by atoms with Crippen molar-refractivity contribution in [3.8, 4) is 0 Å². The van der Waals surface area contributed by atoms with Crippen LogP contribution in [-0.4, -0.2) is 38.1 Å². The summed E-state index contributed by atoms with van der Waals surface area (Å²) in [4.78, 5) is 18.1. The van der Waals surface area contributed by atoms with Gasteiger partial charge >= 0.3 is 0 Å². The molecule has 110 valence electrons. The van der Waals surface area contributed by atoms with Crippen molar-refractivity contribution in [2.75, 3.05) is 32.1 Å². The second-order valence-electron chi connectivity index (χ2n) is 5.59. The first kappa shape index (κ1) is 14.8. The molecule has 1 amide bonds. The third-order valence-corrected chi connectivity index (χ3v) is 3.70. The van der Waals surface area contributed by atoms with Gasteiger partial charge in [0.1, 0.15) is 5.82 Å². The second-order valence-corrected chi connectivity index (χ2v) is 5.59. The van der Waals surface area contributed by atoms with Crippen LogP contribution >= 0.6 is 0 Å². The number of anilines is 1. The average molecular weight is 276 g/mol. The van der Waals surface area contributed by atoms with Gasteiger partial charge in [0.05, 0.1) is 0 Å². The summed E-state index contributed by atoms with van der Waals surface area (Å²) in [6, 6.07) is 3.97. The predicted molar refractivity (Wildman–Crippen MR) is 80.6 cm³/mol. The van der Waals surface area contributed by atoms with Gasteiger partial charge in [0, 0.05) is 33.3 Å². The van der Waals surface area contributed by atoms with Gasteiger partial charge in [-0.05, 0) is 43.5 Å². The normalized spacial score (nSPS) is 18.0. The number of aromatic nitrogens is 1. The molecular weight excluding hydrogens is 252 g/mol. The molecule has 2 heterocycles.